The Morgan fingerprint density at radius 2 is 1.94 bits per heavy atom. The summed E-state index contributed by atoms with van der Waals surface area (Å²) in [5.41, 5.74) is 0. The highest BCUT2D eigenvalue weighted by molar-refractivity contribution is 5.20. The lowest BCUT2D eigenvalue weighted by Crippen LogP contribution is -2.44. The van der Waals surface area contributed by atoms with Crippen molar-refractivity contribution < 1.29 is 4.74 Å². The number of ether oxygens (including phenoxy) is 1. The zero-order chi connectivity index (χ0) is 12.1. The van der Waals surface area contributed by atoms with Crippen LogP contribution in [0.3, 0.4) is 0 Å². The lowest BCUT2D eigenvalue weighted by molar-refractivity contribution is 0.162. The van der Waals surface area contributed by atoms with E-state index in [0.29, 0.717) is 0 Å². The van der Waals surface area contributed by atoms with Crippen LogP contribution in [-0.4, -0.2) is 19.2 Å². The Hall–Kier alpha value is -1.02. The van der Waals surface area contributed by atoms with Crippen molar-refractivity contribution in [2.45, 2.75) is 32.7 Å². The monoisotopic (exact) mass is 233 g/mol. The van der Waals surface area contributed by atoms with E-state index in [9.17, 15) is 0 Å². The van der Waals surface area contributed by atoms with E-state index in [1.165, 1.54) is 12.8 Å². The SMILES string of the molecule is CC(C)C1CC(NCCOc2ccccc2)C1. The van der Waals surface area contributed by atoms with Crippen LogP contribution in [0.15, 0.2) is 30.3 Å². The van der Waals surface area contributed by atoms with Gasteiger partial charge < -0.3 is 10.1 Å². The number of hydrogen-bond donors (Lipinski definition) is 1. The molecule has 0 bridgehead atoms. The van der Waals surface area contributed by atoms with Crippen molar-refractivity contribution in [3.8, 4) is 5.75 Å². The minimum Gasteiger partial charge on any atom is -0.492 e. The first-order chi connectivity index (χ1) is 8.25. The number of para-hydroxylation sites is 1. The summed E-state index contributed by atoms with van der Waals surface area (Å²) in [5, 5.41) is 3.55. The summed E-state index contributed by atoms with van der Waals surface area (Å²) in [6.07, 6.45) is 2.67. The number of nitrogens with one attached hydrogen (secondary N) is 1. The highest BCUT2D eigenvalue weighted by atomic mass is 16.5. The summed E-state index contributed by atoms with van der Waals surface area (Å²) in [6, 6.07) is 10.7. The fraction of sp³-hybridized carbons (Fsp3) is 0.600. The summed E-state index contributed by atoms with van der Waals surface area (Å²) in [7, 11) is 0. The van der Waals surface area contributed by atoms with Crippen LogP contribution < -0.4 is 10.1 Å². The quantitative estimate of drug-likeness (QED) is 0.762. The van der Waals surface area contributed by atoms with Crippen LogP contribution in [0.1, 0.15) is 26.7 Å². The fourth-order valence-electron chi connectivity index (χ4n) is 2.32. The first-order valence-electron chi connectivity index (χ1n) is 6.67. The van der Waals surface area contributed by atoms with Gasteiger partial charge >= 0.3 is 0 Å². The molecule has 1 saturated carbocycles. The second kappa shape index (κ2) is 6.06. The molecule has 1 N–H and O–H groups in total. The van der Waals surface area contributed by atoms with Gasteiger partial charge in [-0.3, -0.25) is 0 Å². The molecule has 0 radical (unpaired) electrons. The van der Waals surface area contributed by atoms with Crippen LogP contribution in [0.4, 0.5) is 0 Å². The lowest BCUT2D eigenvalue weighted by Gasteiger charge is -2.38. The molecular formula is C15H23NO. The van der Waals surface area contributed by atoms with Crippen molar-refractivity contribution >= 4 is 0 Å². The molecule has 94 valence electrons. The first kappa shape index (κ1) is 12.4. The molecule has 0 aromatic heterocycles. The second-order valence-electron chi connectivity index (χ2n) is 5.29. The van der Waals surface area contributed by atoms with Crippen LogP contribution in [0, 0.1) is 11.8 Å². The normalized spacial score (nSPS) is 23.5. The van der Waals surface area contributed by atoms with Gasteiger partial charge in [-0.05, 0) is 36.8 Å². The molecule has 1 aliphatic carbocycles. The highest BCUT2D eigenvalue weighted by Crippen LogP contribution is 2.33. The maximum atomic E-state index is 5.64. The molecule has 0 atom stereocenters. The Morgan fingerprint density at radius 1 is 1.24 bits per heavy atom. The van der Waals surface area contributed by atoms with E-state index in [4.69, 9.17) is 4.74 Å². The minimum absolute atomic E-state index is 0.724. The van der Waals surface area contributed by atoms with E-state index in [0.717, 1.165) is 36.8 Å². The molecule has 0 unspecified atom stereocenters. The molecule has 1 aromatic rings. The third-order valence-electron chi connectivity index (χ3n) is 3.66. The molecule has 0 heterocycles. The number of rotatable bonds is 6. The van der Waals surface area contributed by atoms with Crippen molar-refractivity contribution in [3.05, 3.63) is 30.3 Å². The summed E-state index contributed by atoms with van der Waals surface area (Å²) in [4.78, 5) is 0. The number of hydrogen-bond acceptors (Lipinski definition) is 2. The predicted octanol–water partition coefficient (Wildman–Crippen LogP) is 3.09. The Morgan fingerprint density at radius 3 is 2.59 bits per heavy atom. The van der Waals surface area contributed by atoms with Crippen LogP contribution >= 0.6 is 0 Å². The third-order valence-corrected chi connectivity index (χ3v) is 3.66. The van der Waals surface area contributed by atoms with Gasteiger partial charge in [-0.25, -0.2) is 0 Å². The lowest BCUT2D eigenvalue weighted by atomic mass is 9.74. The summed E-state index contributed by atoms with van der Waals surface area (Å²) < 4.78 is 5.64. The molecule has 1 fully saturated rings. The van der Waals surface area contributed by atoms with E-state index in [1.807, 2.05) is 30.3 Å². The Bertz CT molecular complexity index is 317. The summed E-state index contributed by atoms with van der Waals surface area (Å²) in [6.45, 7) is 6.34. The van der Waals surface area contributed by atoms with Crippen molar-refractivity contribution in [1.82, 2.24) is 5.32 Å². The third kappa shape index (κ3) is 3.74. The molecule has 0 aliphatic heterocycles. The smallest absolute Gasteiger partial charge is 0.119 e. The maximum Gasteiger partial charge on any atom is 0.119 e. The van der Waals surface area contributed by atoms with Gasteiger partial charge in [0, 0.05) is 12.6 Å². The standard InChI is InChI=1S/C15H23NO/c1-12(2)13-10-14(11-13)16-8-9-17-15-6-4-3-5-7-15/h3-7,12-14,16H,8-11H2,1-2H3. The molecular weight excluding hydrogens is 210 g/mol. The predicted molar refractivity (Wildman–Crippen MR) is 71.3 cm³/mol. The van der Waals surface area contributed by atoms with Crippen molar-refractivity contribution in [2.24, 2.45) is 11.8 Å². The van der Waals surface area contributed by atoms with Gasteiger partial charge in [-0.2, -0.15) is 0 Å². The molecule has 17 heavy (non-hydrogen) atoms. The van der Waals surface area contributed by atoms with Crippen LogP contribution in [0.5, 0.6) is 5.75 Å². The topological polar surface area (TPSA) is 21.3 Å². The molecule has 0 saturated heterocycles. The van der Waals surface area contributed by atoms with E-state index in [1.54, 1.807) is 0 Å². The molecule has 1 aliphatic rings. The van der Waals surface area contributed by atoms with Gasteiger partial charge in [0.05, 0.1) is 0 Å². The van der Waals surface area contributed by atoms with E-state index < -0.39 is 0 Å². The Labute approximate surface area is 104 Å². The van der Waals surface area contributed by atoms with Gasteiger partial charge in [-0.15, -0.1) is 0 Å². The fourth-order valence-corrected chi connectivity index (χ4v) is 2.32. The minimum atomic E-state index is 0.724. The zero-order valence-electron chi connectivity index (χ0n) is 10.9. The van der Waals surface area contributed by atoms with Crippen LogP contribution in [0.25, 0.3) is 0 Å². The first-order valence-corrected chi connectivity index (χ1v) is 6.67. The maximum absolute atomic E-state index is 5.64. The van der Waals surface area contributed by atoms with E-state index >= 15 is 0 Å². The molecule has 2 rings (SSSR count). The number of benzene rings is 1. The molecule has 0 amide bonds. The highest BCUT2D eigenvalue weighted by Gasteiger charge is 2.30. The molecule has 2 heteroatoms. The Kier molecular flexibility index (Phi) is 4.43. The van der Waals surface area contributed by atoms with Crippen molar-refractivity contribution in [3.63, 3.8) is 0 Å². The second-order valence-corrected chi connectivity index (χ2v) is 5.29. The van der Waals surface area contributed by atoms with Crippen LogP contribution in [0.2, 0.25) is 0 Å². The Balaban J connectivity index is 1.53. The molecule has 2 nitrogen and oxygen atoms in total. The van der Waals surface area contributed by atoms with E-state index in [2.05, 4.69) is 19.2 Å². The van der Waals surface area contributed by atoms with Crippen molar-refractivity contribution in [2.75, 3.05) is 13.2 Å². The summed E-state index contributed by atoms with van der Waals surface area (Å²) >= 11 is 0. The van der Waals surface area contributed by atoms with Gasteiger partial charge in [-0.1, -0.05) is 32.0 Å². The van der Waals surface area contributed by atoms with Gasteiger partial charge in [0.1, 0.15) is 12.4 Å². The van der Waals surface area contributed by atoms with Gasteiger partial charge in [0.25, 0.3) is 0 Å². The summed E-state index contributed by atoms with van der Waals surface area (Å²) in [5.74, 6) is 2.74. The average molecular weight is 233 g/mol. The largest absolute Gasteiger partial charge is 0.492 e. The molecule has 0 spiro atoms. The zero-order valence-corrected chi connectivity index (χ0v) is 10.9. The van der Waals surface area contributed by atoms with Crippen molar-refractivity contribution in [1.29, 1.82) is 0 Å². The van der Waals surface area contributed by atoms with Gasteiger partial charge in [0.15, 0.2) is 0 Å². The molecule has 1 aromatic carbocycles. The van der Waals surface area contributed by atoms with Crippen LogP contribution in [-0.2, 0) is 0 Å². The van der Waals surface area contributed by atoms with Gasteiger partial charge in [0.2, 0.25) is 0 Å². The average Bonchev–Trinajstić information content (AvgIpc) is 2.27. The van der Waals surface area contributed by atoms with E-state index in [-0.39, 0.29) is 0 Å².